The number of rotatable bonds is 4. The Bertz CT molecular complexity index is 569. The van der Waals surface area contributed by atoms with E-state index in [9.17, 15) is 0 Å². The predicted molar refractivity (Wildman–Crippen MR) is 77.8 cm³/mol. The van der Waals surface area contributed by atoms with E-state index < -0.39 is 0 Å². The van der Waals surface area contributed by atoms with Crippen LogP contribution in [0.5, 0.6) is 0 Å². The highest BCUT2D eigenvalue weighted by Gasteiger charge is 2.20. The Balaban J connectivity index is 1.79. The van der Waals surface area contributed by atoms with Crippen LogP contribution < -0.4 is 11.3 Å². The fourth-order valence-corrected chi connectivity index (χ4v) is 2.81. The Morgan fingerprint density at radius 2 is 1.95 bits per heavy atom. The first-order valence-corrected chi connectivity index (χ1v) is 7.11. The molecule has 20 heavy (non-hydrogen) atoms. The summed E-state index contributed by atoms with van der Waals surface area (Å²) in [5, 5.41) is 0. The van der Waals surface area contributed by atoms with E-state index >= 15 is 0 Å². The molecule has 0 saturated carbocycles. The average Bonchev–Trinajstić information content (AvgIpc) is 2.53. The molecule has 1 aliphatic heterocycles. The number of nitrogens with zero attached hydrogens (tertiary/aromatic N) is 2. The van der Waals surface area contributed by atoms with Crippen LogP contribution in [0.3, 0.4) is 0 Å². The molecule has 2 heterocycles. The number of aromatic nitrogens is 2. The van der Waals surface area contributed by atoms with Crippen LogP contribution in [-0.2, 0) is 4.74 Å². The standard InChI is InChI=1S/C15H20N4O/c16-19-14(9-11-3-7-20-8-4-11)12-1-2-13-15(10-12)18-6-5-17-13/h1-2,5-6,10-11,14,19H,3-4,7-9,16H2. The number of hydrogen-bond donors (Lipinski definition) is 2. The van der Waals surface area contributed by atoms with Gasteiger partial charge in [0.1, 0.15) is 0 Å². The summed E-state index contributed by atoms with van der Waals surface area (Å²) in [6.07, 6.45) is 6.70. The first-order chi connectivity index (χ1) is 9.86. The maximum absolute atomic E-state index is 5.75. The van der Waals surface area contributed by atoms with Crippen LogP contribution in [0.1, 0.15) is 30.9 Å². The molecule has 1 aliphatic rings. The van der Waals surface area contributed by atoms with Gasteiger partial charge in [0.2, 0.25) is 0 Å². The Hall–Kier alpha value is -1.56. The smallest absolute Gasteiger partial charge is 0.0890 e. The highest BCUT2D eigenvalue weighted by Crippen LogP contribution is 2.28. The fourth-order valence-electron chi connectivity index (χ4n) is 2.81. The van der Waals surface area contributed by atoms with Crippen LogP contribution >= 0.6 is 0 Å². The fraction of sp³-hybridized carbons (Fsp3) is 0.467. The van der Waals surface area contributed by atoms with Gasteiger partial charge < -0.3 is 4.74 Å². The summed E-state index contributed by atoms with van der Waals surface area (Å²) in [4.78, 5) is 8.65. The van der Waals surface area contributed by atoms with E-state index in [0.717, 1.165) is 43.5 Å². The average molecular weight is 272 g/mol. The normalized spacial score (nSPS) is 18.2. The van der Waals surface area contributed by atoms with Crippen molar-refractivity contribution in [2.75, 3.05) is 13.2 Å². The molecular weight excluding hydrogens is 252 g/mol. The predicted octanol–water partition coefficient (Wildman–Crippen LogP) is 1.95. The molecule has 0 radical (unpaired) electrons. The monoisotopic (exact) mass is 272 g/mol. The van der Waals surface area contributed by atoms with Crippen molar-refractivity contribution in [1.29, 1.82) is 0 Å². The van der Waals surface area contributed by atoms with Crippen molar-refractivity contribution in [2.24, 2.45) is 11.8 Å². The number of ether oxygens (including phenoxy) is 1. The largest absolute Gasteiger partial charge is 0.381 e. The van der Waals surface area contributed by atoms with Gasteiger partial charge in [-0.05, 0) is 42.9 Å². The van der Waals surface area contributed by atoms with E-state index in [4.69, 9.17) is 10.6 Å². The van der Waals surface area contributed by atoms with Crippen molar-refractivity contribution in [2.45, 2.75) is 25.3 Å². The SMILES string of the molecule is NNC(CC1CCOCC1)c1ccc2nccnc2c1. The molecule has 0 spiro atoms. The van der Waals surface area contributed by atoms with Crippen molar-refractivity contribution in [1.82, 2.24) is 15.4 Å². The zero-order valence-electron chi connectivity index (χ0n) is 11.5. The third-order valence-electron chi connectivity index (χ3n) is 4.01. The molecule has 3 N–H and O–H groups in total. The second-order valence-electron chi connectivity index (χ2n) is 5.32. The van der Waals surface area contributed by atoms with Crippen LogP contribution in [0, 0.1) is 5.92 Å². The maximum Gasteiger partial charge on any atom is 0.0890 e. The maximum atomic E-state index is 5.75. The molecule has 106 valence electrons. The zero-order chi connectivity index (χ0) is 13.8. The molecule has 1 aromatic heterocycles. The summed E-state index contributed by atoms with van der Waals surface area (Å²) >= 11 is 0. The highest BCUT2D eigenvalue weighted by molar-refractivity contribution is 5.74. The second kappa shape index (κ2) is 6.26. The van der Waals surface area contributed by atoms with Gasteiger partial charge in [0.05, 0.1) is 11.0 Å². The molecule has 2 aromatic rings. The van der Waals surface area contributed by atoms with Gasteiger partial charge in [-0.25, -0.2) is 0 Å². The molecule has 5 nitrogen and oxygen atoms in total. The molecule has 0 bridgehead atoms. The first kappa shape index (κ1) is 13.4. The summed E-state index contributed by atoms with van der Waals surface area (Å²) in [5.41, 5.74) is 5.94. The third kappa shape index (κ3) is 2.95. The Morgan fingerprint density at radius 1 is 1.20 bits per heavy atom. The van der Waals surface area contributed by atoms with E-state index in [1.54, 1.807) is 12.4 Å². The Labute approximate surface area is 118 Å². The van der Waals surface area contributed by atoms with Crippen LogP contribution in [-0.4, -0.2) is 23.2 Å². The Morgan fingerprint density at radius 3 is 2.70 bits per heavy atom. The third-order valence-corrected chi connectivity index (χ3v) is 4.01. The summed E-state index contributed by atoms with van der Waals surface area (Å²) < 4.78 is 5.41. The second-order valence-corrected chi connectivity index (χ2v) is 5.32. The van der Waals surface area contributed by atoms with Crippen molar-refractivity contribution in [3.05, 3.63) is 36.2 Å². The van der Waals surface area contributed by atoms with Crippen molar-refractivity contribution < 1.29 is 4.74 Å². The van der Waals surface area contributed by atoms with E-state index in [1.165, 1.54) is 5.56 Å². The minimum absolute atomic E-state index is 0.157. The van der Waals surface area contributed by atoms with E-state index in [-0.39, 0.29) is 6.04 Å². The lowest BCUT2D eigenvalue weighted by Gasteiger charge is -2.26. The molecule has 1 saturated heterocycles. The van der Waals surface area contributed by atoms with Crippen molar-refractivity contribution in [3.8, 4) is 0 Å². The number of nitrogens with one attached hydrogen (secondary N) is 1. The number of nitrogens with two attached hydrogens (primary N) is 1. The van der Waals surface area contributed by atoms with Crippen LogP contribution in [0.25, 0.3) is 11.0 Å². The summed E-state index contributed by atoms with van der Waals surface area (Å²) in [6.45, 7) is 1.73. The van der Waals surface area contributed by atoms with Gasteiger partial charge in [-0.2, -0.15) is 0 Å². The Kier molecular flexibility index (Phi) is 4.20. The van der Waals surface area contributed by atoms with Crippen molar-refractivity contribution >= 4 is 11.0 Å². The zero-order valence-corrected chi connectivity index (χ0v) is 11.5. The van der Waals surface area contributed by atoms with Gasteiger partial charge in [-0.1, -0.05) is 6.07 Å². The molecule has 1 unspecified atom stereocenters. The van der Waals surface area contributed by atoms with Gasteiger partial charge in [0.25, 0.3) is 0 Å². The molecule has 0 aliphatic carbocycles. The number of benzene rings is 1. The van der Waals surface area contributed by atoms with Crippen LogP contribution in [0.4, 0.5) is 0 Å². The quantitative estimate of drug-likeness (QED) is 0.657. The summed E-state index contributed by atoms with van der Waals surface area (Å²) in [7, 11) is 0. The summed E-state index contributed by atoms with van der Waals surface area (Å²) in [5.74, 6) is 6.42. The molecular formula is C15H20N4O. The minimum Gasteiger partial charge on any atom is -0.381 e. The molecule has 3 rings (SSSR count). The molecule has 0 amide bonds. The minimum atomic E-state index is 0.157. The molecule has 1 aromatic carbocycles. The van der Waals surface area contributed by atoms with Gasteiger partial charge >= 0.3 is 0 Å². The van der Waals surface area contributed by atoms with Gasteiger partial charge in [-0.15, -0.1) is 0 Å². The van der Waals surface area contributed by atoms with Gasteiger partial charge in [0, 0.05) is 31.6 Å². The number of fused-ring (bicyclic) bond motifs is 1. The molecule has 5 heteroatoms. The summed E-state index contributed by atoms with van der Waals surface area (Å²) in [6, 6.07) is 6.32. The first-order valence-electron chi connectivity index (χ1n) is 7.11. The van der Waals surface area contributed by atoms with Crippen LogP contribution in [0.2, 0.25) is 0 Å². The van der Waals surface area contributed by atoms with E-state index in [1.807, 2.05) is 6.07 Å². The lowest BCUT2D eigenvalue weighted by Crippen LogP contribution is -2.31. The number of hydrazine groups is 1. The highest BCUT2D eigenvalue weighted by atomic mass is 16.5. The van der Waals surface area contributed by atoms with Crippen LogP contribution in [0.15, 0.2) is 30.6 Å². The molecule has 1 atom stereocenters. The van der Waals surface area contributed by atoms with E-state index in [2.05, 4.69) is 27.5 Å². The lowest BCUT2D eigenvalue weighted by atomic mass is 9.89. The number of hydrogen-bond acceptors (Lipinski definition) is 5. The lowest BCUT2D eigenvalue weighted by molar-refractivity contribution is 0.0605. The van der Waals surface area contributed by atoms with Gasteiger partial charge in [-0.3, -0.25) is 21.2 Å². The molecule has 1 fully saturated rings. The topological polar surface area (TPSA) is 73.1 Å². The van der Waals surface area contributed by atoms with Crippen molar-refractivity contribution in [3.63, 3.8) is 0 Å². The van der Waals surface area contributed by atoms with E-state index in [0.29, 0.717) is 5.92 Å². The van der Waals surface area contributed by atoms with Gasteiger partial charge in [0.15, 0.2) is 0 Å².